The van der Waals surface area contributed by atoms with Gasteiger partial charge >= 0.3 is 5.97 Å². The van der Waals surface area contributed by atoms with Crippen LogP contribution in [0, 0.1) is 0 Å². The van der Waals surface area contributed by atoms with Crippen molar-refractivity contribution in [3.05, 3.63) is 89.1 Å². The fourth-order valence-corrected chi connectivity index (χ4v) is 3.02. The summed E-state index contributed by atoms with van der Waals surface area (Å²) in [6, 6.07) is 21.9. The van der Waals surface area contributed by atoms with Crippen molar-refractivity contribution in [3.63, 3.8) is 0 Å². The zero-order valence-corrected chi connectivity index (χ0v) is 17.2. The summed E-state index contributed by atoms with van der Waals surface area (Å²) >= 11 is 0. The largest absolute Gasteiger partial charge is 0.507 e. The number of benzene rings is 3. The second-order valence-electron chi connectivity index (χ2n) is 6.85. The molecule has 0 spiro atoms. The molecule has 0 aliphatic carbocycles. The highest BCUT2D eigenvalue weighted by atomic mass is 16.7. The number of phenolic OH excluding ortho intramolecular Hbond substituents is 1. The third-order valence-electron chi connectivity index (χ3n) is 4.47. The lowest BCUT2D eigenvalue weighted by atomic mass is 10.1. The van der Waals surface area contributed by atoms with E-state index in [1.54, 1.807) is 36.4 Å². The Morgan fingerprint density at radius 2 is 1.73 bits per heavy atom. The van der Waals surface area contributed by atoms with Gasteiger partial charge in [-0.15, -0.1) is 0 Å². The Bertz CT molecular complexity index is 1370. The Morgan fingerprint density at radius 1 is 1.03 bits per heavy atom. The van der Waals surface area contributed by atoms with Gasteiger partial charge in [-0.05, 0) is 12.1 Å². The average molecular weight is 445 g/mol. The molecule has 0 amide bonds. The minimum Gasteiger partial charge on any atom is -0.507 e. The van der Waals surface area contributed by atoms with Gasteiger partial charge in [0, 0.05) is 23.8 Å². The zero-order chi connectivity index (χ0) is 23.2. The van der Waals surface area contributed by atoms with Crippen LogP contribution >= 0.6 is 0 Å². The fraction of sp³-hybridized carbons (Fsp3) is 0.0417. The average Bonchev–Trinajstić information content (AvgIpc) is 2.82. The fourth-order valence-electron chi connectivity index (χ4n) is 3.02. The van der Waals surface area contributed by atoms with Crippen molar-refractivity contribution in [1.29, 1.82) is 0 Å². The van der Waals surface area contributed by atoms with Gasteiger partial charge in [-0.3, -0.25) is 4.79 Å². The lowest BCUT2D eigenvalue weighted by molar-refractivity contribution is -0.150. The highest BCUT2D eigenvalue weighted by molar-refractivity contribution is 5.86. The van der Waals surface area contributed by atoms with Crippen molar-refractivity contribution in [1.82, 2.24) is 5.48 Å². The molecule has 0 fully saturated rings. The molecule has 0 aliphatic rings. The van der Waals surface area contributed by atoms with Crippen molar-refractivity contribution in [3.8, 4) is 22.8 Å². The molecule has 166 valence electrons. The van der Waals surface area contributed by atoms with Gasteiger partial charge in [0.05, 0.1) is 5.69 Å². The quantitative estimate of drug-likeness (QED) is 0.242. The van der Waals surface area contributed by atoms with Crippen LogP contribution in [0.1, 0.15) is 0 Å². The van der Waals surface area contributed by atoms with E-state index in [0.717, 1.165) is 0 Å². The Balaban J connectivity index is 1.44. The SMILES string of the molecule is NC(=Nc1ccccc1)NOC(=O)COc1cc(O)c2c(=O)cc(-c3ccccc3)oc2c1. The number of carbonyl (C=O) groups is 1. The standard InChI is InChI=1S/C24H19N3O6/c25-24(26-16-9-5-2-6-10-16)27-33-22(30)14-31-17-11-18(28)23-19(29)13-20(32-21(23)12-17)15-7-3-1-4-8-15/h1-13,28H,14H2,(H3,25,26,27). The van der Waals surface area contributed by atoms with Crippen molar-refractivity contribution in [2.75, 3.05) is 6.61 Å². The molecule has 4 N–H and O–H groups in total. The molecule has 9 heteroatoms. The molecule has 0 saturated heterocycles. The van der Waals surface area contributed by atoms with E-state index in [1.165, 1.54) is 18.2 Å². The summed E-state index contributed by atoms with van der Waals surface area (Å²) in [7, 11) is 0. The van der Waals surface area contributed by atoms with Crippen molar-refractivity contribution in [2.24, 2.45) is 10.7 Å². The van der Waals surface area contributed by atoms with Crippen LogP contribution in [0.3, 0.4) is 0 Å². The number of nitrogens with one attached hydrogen (secondary N) is 1. The molecule has 1 heterocycles. The van der Waals surface area contributed by atoms with Gasteiger partial charge in [-0.1, -0.05) is 48.5 Å². The summed E-state index contributed by atoms with van der Waals surface area (Å²) < 4.78 is 11.2. The molecule has 3 aromatic carbocycles. The third-order valence-corrected chi connectivity index (χ3v) is 4.47. The van der Waals surface area contributed by atoms with Gasteiger partial charge < -0.3 is 24.8 Å². The summed E-state index contributed by atoms with van der Waals surface area (Å²) in [5, 5.41) is 10.3. The van der Waals surface area contributed by atoms with Gasteiger partial charge in [0.15, 0.2) is 12.0 Å². The molecule has 9 nitrogen and oxygen atoms in total. The maximum Gasteiger partial charge on any atom is 0.369 e. The number of nitrogens with two attached hydrogens (primary N) is 1. The van der Waals surface area contributed by atoms with Crippen LogP contribution < -0.4 is 21.4 Å². The van der Waals surface area contributed by atoms with Crippen molar-refractivity contribution >= 4 is 28.6 Å². The number of hydrogen-bond acceptors (Lipinski definition) is 7. The van der Waals surface area contributed by atoms with E-state index in [2.05, 4.69) is 10.5 Å². The first-order chi connectivity index (χ1) is 16.0. The van der Waals surface area contributed by atoms with Crippen LogP contribution in [0.15, 0.2) is 93.1 Å². The molecule has 33 heavy (non-hydrogen) atoms. The van der Waals surface area contributed by atoms with E-state index in [-0.39, 0.29) is 28.4 Å². The highest BCUT2D eigenvalue weighted by Crippen LogP contribution is 2.31. The van der Waals surface area contributed by atoms with E-state index >= 15 is 0 Å². The molecule has 0 radical (unpaired) electrons. The van der Waals surface area contributed by atoms with E-state index in [4.69, 9.17) is 19.7 Å². The first kappa shape index (κ1) is 21.4. The topological polar surface area (TPSA) is 136 Å². The van der Waals surface area contributed by atoms with Crippen LogP contribution in [0.25, 0.3) is 22.3 Å². The molecule has 0 atom stereocenters. The maximum absolute atomic E-state index is 12.5. The summed E-state index contributed by atoms with van der Waals surface area (Å²) in [4.78, 5) is 33.3. The summed E-state index contributed by atoms with van der Waals surface area (Å²) in [5.74, 6) is -0.798. The number of aromatic hydroxyl groups is 1. The molecule has 0 aliphatic heterocycles. The summed E-state index contributed by atoms with van der Waals surface area (Å²) in [5.41, 5.74) is 8.88. The van der Waals surface area contributed by atoms with Crippen LogP contribution in [0.2, 0.25) is 0 Å². The van der Waals surface area contributed by atoms with Gasteiger partial charge in [-0.2, -0.15) is 5.48 Å². The van der Waals surface area contributed by atoms with E-state index in [0.29, 0.717) is 17.0 Å². The normalized spacial score (nSPS) is 11.2. The Labute approximate surface area is 187 Å². The number of phenols is 1. The van der Waals surface area contributed by atoms with Crippen LogP contribution in [0.4, 0.5) is 5.69 Å². The monoisotopic (exact) mass is 445 g/mol. The molecule has 4 rings (SSSR count). The first-order valence-electron chi connectivity index (χ1n) is 9.83. The molecular weight excluding hydrogens is 426 g/mol. The minimum atomic E-state index is -0.791. The third kappa shape index (κ3) is 5.28. The molecule has 0 saturated carbocycles. The summed E-state index contributed by atoms with van der Waals surface area (Å²) in [6.45, 7) is -0.501. The number of guanidine groups is 1. The van der Waals surface area contributed by atoms with Gasteiger partial charge in [0.1, 0.15) is 28.2 Å². The molecule has 0 bridgehead atoms. The second kappa shape index (κ2) is 9.56. The first-order valence-corrected chi connectivity index (χ1v) is 9.83. The van der Waals surface area contributed by atoms with Crippen LogP contribution in [0.5, 0.6) is 11.5 Å². The number of hydroxylamine groups is 1. The van der Waals surface area contributed by atoms with Crippen LogP contribution in [-0.2, 0) is 9.63 Å². The van der Waals surface area contributed by atoms with Gasteiger partial charge in [0.25, 0.3) is 0 Å². The van der Waals surface area contributed by atoms with E-state index in [1.807, 2.05) is 24.3 Å². The maximum atomic E-state index is 12.5. The number of rotatable bonds is 5. The molecule has 1 aromatic heterocycles. The second-order valence-corrected chi connectivity index (χ2v) is 6.85. The lowest BCUT2D eigenvalue weighted by Gasteiger charge is -2.10. The number of aliphatic imine (C=N–C) groups is 1. The van der Waals surface area contributed by atoms with E-state index < -0.39 is 18.0 Å². The summed E-state index contributed by atoms with van der Waals surface area (Å²) in [6.07, 6.45) is 0. The lowest BCUT2D eigenvalue weighted by Crippen LogP contribution is -2.35. The Hall–Kier alpha value is -4.79. The van der Waals surface area contributed by atoms with Crippen molar-refractivity contribution in [2.45, 2.75) is 0 Å². The molecule has 0 unspecified atom stereocenters. The number of hydrogen-bond donors (Lipinski definition) is 3. The number of nitrogens with zero attached hydrogens (tertiary/aromatic N) is 1. The predicted molar refractivity (Wildman–Crippen MR) is 122 cm³/mol. The van der Waals surface area contributed by atoms with E-state index in [9.17, 15) is 14.7 Å². The Kier molecular flexibility index (Phi) is 6.21. The Morgan fingerprint density at radius 3 is 2.45 bits per heavy atom. The van der Waals surface area contributed by atoms with Crippen LogP contribution in [-0.4, -0.2) is 23.6 Å². The van der Waals surface area contributed by atoms with Gasteiger partial charge in [-0.25, -0.2) is 9.79 Å². The zero-order valence-electron chi connectivity index (χ0n) is 17.2. The highest BCUT2D eigenvalue weighted by Gasteiger charge is 2.14. The predicted octanol–water partition coefficient (Wildman–Crippen LogP) is 3.24. The number of carbonyl (C=O) groups excluding carboxylic acids is 1. The minimum absolute atomic E-state index is 0.0103. The smallest absolute Gasteiger partial charge is 0.369 e. The number of para-hydroxylation sites is 1. The number of ether oxygens (including phenoxy) is 1. The van der Waals surface area contributed by atoms with Crippen molar-refractivity contribution < 1.29 is 23.9 Å². The molecular formula is C24H19N3O6. The number of fused-ring (bicyclic) bond motifs is 1. The van der Waals surface area contributed by atoms with Gasteiger partial charge in [0.2, 0.25) is 5.96 Å². The molecule has 4 aromatic rings.